The minimum absolute atomic E-state index is 0.125. The number of carboxylic acid groups (broad SMARTS) is 1. The van der Waals surface area contributed by atoms with Gasteiger partial charge in [-0.1, -0.05) is 23.4 Å². The van der Waals surface area contributed by atoms with Crippen LogP contribution in [0.15, 0.2) is 11.4 Å². The summed E-state index contributed by atoms with van der Waals surface area (Å²) in [6.45, 7) is 0.395. The van der Waals surface area contributed by atoms with Gasteiger partial charge in [0.05, 0.1) is 17.1 Å². The molecule has 6 nitrogen and oxygen atoms in total. The van der Waals surface area contributed by atoms with Crippen molar-refractivity contribution in [2.24, 2.45) is 5.92 Å². The Hall–Kier alpha value is -1.34. The van der Waals surface area contributed by atoms with Crippen molar-refractivity contribution in [3.05, 3.63) is 16.9 Å². The van der Waals surface area contributed by atoms with Crippen molar-refractivity contribution in [3.63, 3.8) is 0 Å². The van der Waals surface area contributed by atoms with E-state index >= 15 is 0 Å². The molecule has 1 amide bonds. The highest BCUT2D eigenvalue weighted by molar-refractivity contribution is 7.98. The van der Waals surface area contributed by atoms with Crippen molar-refractivity contribution >= 4 is 35.2 Å². The van der Waals surface area contributed by atoms with Crippen LogP contribution in [-0.2, 0) is 4.79 Å². The standard InChI is InChI=1S/C10H10ClN3O3S/c1-18-10-12-2-6(11)7(13-10)8(15)14-3-5(4-14)9(16)17/h2,5H,3-4H2,1H3,(H,16,17). The fraction of sp³-hybridized carbons (Fsp3) is 0.400. The predicted molar refractivity (Wildman–Crippen MR) is 65.9 cm³/mol. The molecule has 96 valence electrons. The second-order valence-electron chi connectivity index (χ2n) is 3.80. The minimum atomic E-state index is -0.891. The number of likely N-dealkylation sites (tertiary alicyclic amines) is 1. The molecule has 8 heteroatoms. The molecule has 0 unspecified atom stereocenters. The maximum atomic E-state index is 12.0. The first-order valence-electron chi connectivity index (χ1n) is 5.11. The van der Waals surface area contributed by atoms with Gasteiger partial charge in [-0.15, -0.1) is 0 Å². The van der Waals surface area contributed by atoms with Gasteiger partial charge in [0.15, 0.2) is 10.9 Å². The van der Waals surface area contributed by atoms with Gasteiger partial charge in [-0.25, -0.2) is 9.97 Å². The summed E-state index contributed by atoms with van der Waals surface area (Å²) < 4.78 is 0. The fourth-order valence-electron chi connectivity index (χ4n) is 1.55. The summed E-state index contributed by atoms with van der Waals surface area (Å²) >= 11 is 7.18. The second-order valence-corrected chi connectivity index (χ2v) is 4.98. The van der Waals surface area contributed by atoms with Gasteiger partial charge < -0.3 is 10.0 Å². The van der Waals surface area contributed by atoms with E-state index in [1.807, 2.05) is 0 Å². The molecule has 0 bridgehead atoms. The summed E-state index contributed by atoms with van der Waals surface area (Å²) in [5.74, 6) is -1.73. The Morgan fingerprint density at radius 2 is 2.22 bits per heavy atom. The Morgan fingerprint density at radius 3 is 2.78 bits per heavy atom. The molecular formula is C10H10ClN3O3S. The number of halogens is 1. The van der Waals surface area contributed by atoms with Gasteiger partial charge >= 0.3 is 5.97 Å². The molecule has 0 aliphatic carbocycles. The highest BCUT2D eigenvalue weighted by atomic mass is 35.5. The smallest absolute Gasteiger partial charge is 0.310 e. The van der Waals surface area contributed by atoms with E-state index in [0.29, 0.717) is 5.16 Å². The highest BCUT2D eigenvalue weighted by Gasteiger charge is 2.37. The lowest BCUT2D eigenvalue weighted by atomic mass is 10.0. The fourth-order valence-corrected chi connectivity index (χ4v) is 2.06. The zero-order valence-electron chi connectivity index (χ0n) is 9.46. The van der Waals surface area contributed by atoms with E-state index in [9.17, 15) is 9.59 Å². The number of aliphatic carboxylic acids is 1. The first-order chi connectivity index (χ1) is 8.52. The zero-order valence-corrected chi connectivity index (χ0v) is 11.0. The van der Waals surface area contributed by atoms with Crippen LogP contribution < -0.4 is 0 Å². The minimum Gasteiger partial charge on any atom is -0.481 e. The molecule has 1 fully saturated rings. The number of hydrogen-bond donors (Lipinski definition) is 1. The number of hydrogen-bond acceptors (Lipinski definition) is 5. The molecule has 0 atom stereocenters. The van der Waals surface area contributed by atoms with Gasteiger partial charge in [-0.3, -0.25) is 9.59 Å². The Balaban J connectivity index is 2.13. The largest absolute Gasteiger partial charge is 0.481 e. The number of nitrogens with zero attached hydrogens (tertiary/aromatic N) is 3. The number of carboxylic acids is 1. The van der Waals surface area contributed by atoms with E-state index in [0.717, 1.165) is 0 Å². The van der Waals surface area contributed by atoms with Crippen molar-refractivity contribution in [3.8, 4) is 0 Å². The quantitative estimate of drug-likeness (QED) is 0.660. The number of carbonyl (C=O) groups is 2. The lowest BCUT2D eigenvalue weighted by molar-refractivity contribution is -0.146. The summed E-state index contributed by atoms with van der Waals surface area (Å²) in [4.78, 5) is 32.1. The van der Waals surface area contributed by atoms with Gasteiger partial charge in [0, 0.05) is 13.1 Å². The first kappa shape index (κ1) is 13.1. The number of amides is 1. The van der Waals surface area contributed by atoms with Gasteiger partial charge in [-0.05, 0) is 6.26 Å². The van der Waals surface area contributed by atoms with Crippen molar-refractivity contribution in [2.75, 3.05) is 19.3 Å². The molecule has 1 aromatic heterocycles. The van der Waals surface area contributed by atoms with E-state index in [-0.39, 0.29) is 29.7 Å². The number of carbonyl (C=O) groups excluding carboxylic acids is 1. The van der Waals surface area contributed by atoms with Gasteiger partial charge in [0.1, 0.15) is 0 Å². The molecule has 1 aromatic rings. The predicted octanol–water partition coefficient (Wildman–Crippen LogP) is 1.01. The van der Waals surface area contributed by atoms with E-state index in [1.165, 1.54) is 22.9 Å². The van der Waals surface area contributed by atoms with E-state index in [2.05, 4.69) is 9.97 Å². The zero-order chi connectivity index (χ0) is 13.3. The third-order valence-electron chi connectivity index (χ3n) is 2.63. The number of aromatic nitrogens is 2. The SMILES string of the molecule is CSc1ncc(Cl)c(C(=O)N2CC(C(=O)O)C2)n1. The van der Waals surface area contributed by atoms with Crippen molar-refractivity contribution in [1.82, 2.24) is 14.9 Å². The lowest BCUT2D eigenvalue weighted by Gasteiger charge is -2.36. The van der Waals surface area contributed by atoms with E-state index < -0.39 is 11.9 Å². The van der Waals surface area contributed by atoms with Crippen molar-refractivity contribution < 1.29 is 14.7 Å². The Bertz CT molecular complexity index is 505. The number of rotatable bonds is 3. The highest BCUT2D eigenvalue weighted by Crippen LogP contribution is 2.23. The Morgan fingerprint density at radius 1 is 1.56 bits per heavy atom. The lowest BCUT2D eigenvalue weighted by Crippen LogP contribution is -2.53. The molecule has 1 N–H and O–H groups in total. The molecule has 1 aliphatic heterocycles. The molecule has 18 heavy (non-hydrogen) atoms. The maximum absolute atomic E-state index is 12.0. The summed E-state index contributed by atoms with van der Waals surface area (Å²) in [6.07, 6.45) is 3.17. The van der Waals surface area contributed by atoms with Crippen LogP contribution in [0.5, 0.6) is 0 Å². The molecule has 0 aromatic carbocycles. The average Bonchev–Trinajstić information content (AvgIpc) is 2.27. The Labute approximate surface area is 112 Å². The van der Waals surface area contributed by atoms with Crippen LogP contribution in [-0.4, -0.2) is 51.2 Å². The summed E-state index contributed by atoms with van der Waals surface area (Å²) in [6, 6.07) is 0. The summed E-state index contributed by atoms with van der Waals surface area (Å²) in [7, 11) is 0. The van der Waals surface area contributed by atoms with Crippen LogP contribution in [0.3, 0.4) is 0 Å². The van der Waals surface area contributed by atoms with E-state index in [4.69, 9.17) is 16.7 Å². The molecule has 2 heterocycles. The number of thioether (sulfide) groups is 1. The molecule has 2 rings (SSSR count). The topological polar surface area (TPSA) is 83.4 Å². The third kappa shape index (κ3) is 2.41. The van der Waals surface area contributed by atoms with Crippen LogP contribution in [0.1, 0.15) is 10.5 Å². The third-order valence-corrected chi connectivity index (χ3v) is 3.46. The molecule has 1 aliphatic rings. The van der Waals surface area contributed by atoms with E-state index in [1.54, 1.807) is 6.26 Å². The molecule has 0 radical (unpaired) electrons. The molecule has 0 saturated carbocycles. The maximum Gasteiger partial charge on any atom is 0.310 e. The van der Waals surface area contributed by atoms with Gasteiger partial charge in [0.2, 0.25) is 0 Å². The normalized spacial score (nSPS) is 15.3. The van der Waals surface area contributed by atoms with Gasteiger partial charge in [0.25, 0.3) is 5.91 Å². The molecular weight excluding hydrogens is 278 g/mol. The molecule has 1 saturated heterocycles. The Kier molecular flexibility index (Phi) is 3.72. The first-order valence-corrected chi connectivity index (χ1v) is 6.71. The monoisotopic (exact) mass is 287 g/mol. The average molecular weight is 288 g/mol. The second kappa shape index (κ2) is 5.11. The summed E-state index contributed by atoms with van der Waals surface area (Å²) in [5.41, 5.74) is 0.125. The van der Waals surface area contributed by atoms with Crippen molar-refractivity contribution in [2.45, 2.75) is 5.16 Å². The summed E-state index contributed by atoms with van der Waals surface area (Å²) in [5, 5.41) is 9.38. The van der Waals surface area contributed by atoms with Crippen LogP contribution >= 0.6 is 23.4 Å². The molecule has 0 spiro atoms. The van der Waals surface area contributed by atoms with Crippen molar-refractivity contribution in [1.29, 1.82) is 0 Å². The van der Waals surface area contributed by atoms with Crippen LogP contribution in [0.2, 0.25) is 5.02 Å². The van der Waals surface area contributed by atoms with Crippen LogP contribution in [0, 0.1) is 5.92 Å². The van der Waals surface area contributed by atoms with Crippen LogP contribution in [0.25, 0.3) is 0 Å². The van der Waals surface area contributed by atoms with Gasteiger partial charge in [-0.2, -0.15) is 0 Å². The van der Waals surface area contributed by atoms with Crippen LogP contribution in [0.4, 0.5) is 0 Å².